The highest BCUT2D eigenvalue weighted by Gasteiger charge is 2.43. The van der Waals surface area contributed by atoms with E-state index in [1.54, 1.807) is 19.2 Å². The molecule has 0 spiro atoms. The van der Waals surface area contributed by atoms with Gasteiger partial charge in [0, 0.05) is 19.0 Å². The second-order valence-electron chi connectivity index (χ2n) is 6.06. The molecule has 1 aromatic carbocycles. The van der Waals surface area contributed by atoms with Crippen LogP contribution in [0.5, 0.6) is 0 Å². The van der Waals surface area contributed by atoms with Gasteiger partial charge in [0.25, 0.3) is 5.91 Å². The van der Waals surface area contributed by atoms with Crippen molar-refractivity contribution in [2.45, 2.75) is 24.8 Å². The molecule has 1 aliphatic carbocycles. The first kappa shape index (κ1) is 16.1. The van der Waals surface area contributed by atoms with Crippen LogP contribution < -0.4 is 16.4 Å². The summed E-state index contributed by atoms with van der Waals surface area (Å²) in [7, 11) is 1.73. The Balaban J connectivity index is 1.53. The largest absolute Gasteiger partial charge is 0.454 e. The van der Waals surface area contributed by atoms with Gasteiger partial charge in [0.15, 0.2) is 11.7 Å². The number of carbonyl (C=O) groups is 1. The second kappa shape index (κ2) is 6.78. The first-order valence-corrected chi connectivity index (χ1v) is 8.01. The average molecular weight is 326 g/mol. The van der Waals surface area contributed by atoms with Crippen molar-refractivity contribution in [2.24, 2.45) is 10.7 Å². The summed E-state index contributed by atoms with van der Waals surface area (Å²) in [5.41, 5.74) is 6.75. The van der Waals surface area contributed by atoms with E-state index in [0.29, 0.717) is 18.3 Å². The normalized spacial score (nSPS) is 15.8. The van der Waals surface area contributed by atoms with E-state index in [1.165, 1.54) is 18.4 Å². The monoisotopic (exact) mass is 326 g/mol. The van der Waals surface area contributed by atoms with Gasteiger partial charge < -0.3 is 20.8 Å². The van der Waals surface area contributed by atoms with Crippen molar-refractivity contribution >= 4 is 11.9 Å². The number of guanidine groups is 1. The molecule has 4 N–H and O–H groups in total. The predicted molar refractivity (Wildman–Crippen MR) is 92.8 cm³/mol. The maximum atomic E-state index is 11.0. The van der Waals surface area contributed by atoms with Crippen molar-refractivity contribution in [1.29, 1.82) is 0 Å². The smallest absolute Gasteiger partial charge is 0.284 e. The summed E-state index contributed by atoms with van der Waals surface area (Å²) in [6.07, 6.45) is 2.36. The van der Waals surface area contributed by atoms with Crippen LogP contribution in [0.4, 0.5) is 0 Å². The quantitative estimate of drug-likeness (QED) is 0.557. The van der Waals surface area contributed by atoms with Crippen molar-refractivity contribution < 1.29 is 9.21 Å². The Labute approximate surface area is 141 Å². The fraction of sp³-hybridized carbons (Fsp3) is 0.333. The molecule has 0 bridgehead atoms. The molecule has 6 heteroatoms. The number of benzene rings is 1. The number of hydrogen-bond donors (Lipinski definition) is 3. The summed E-state index contributed by atoms with van der Waals surface area (Å²) in [6.45, 7) is 1.27. The fourth-order valence-corrected chi connectivity index (χ4v) is 2.76. The second-order valence-corrected chi connectivity index (χ2v) is 6.06. The summed E-state index contributed by atoms with van der Waals surface area (Å²) in [5.74, 6) is 0.934. The van der Waals surface area contributed by atoms with E-state index in [4.69, 9.17) is 10.2 Å². The van der Waals surface area contributed by atoms with E-state index in [-0.39, 0.29) is 11.2 Å². The highest BCUT2D eigenvalue weighted by atomic mass is 16.3. The summed E-state index contributed by atoms with van der Waals surface area (Å²) in [4.78, 5) is 15.3. The summed E-state index contributed by atoms with van der Waals surface area (Å²) in [6, 6.07) is 13.9. The van der Waals surface area contributed by atoms with Gasteiger partial charge in [0.05, 0.1) is 6.54 Å². The van der Waals surface area contributed by atoms with Crippen LogP contribution in [-0.2, 0) is 12.0 Å². The predicted octanol–water partition coefficient (Wildman–Crippen LogP) is 1.78. The van der Waals surface area contributed by atoms with E-state index < -0.39 is 5.91 Å². The minimum atomic E-state index is -0.567. The van der Waals surface area contributed by atoms with Crippen LogP contribution in [0.2, 0.25) is 0 Å². The Hall–Kier alpha value is -2.76. The zero-order valence-electron chi connectivity index (χ0n) is 13.7. The topological polar surface area (TPSA) is 92.6 Å². The molecule has 0 unspecified atom stereocenters. The summed E-state index contributed by atoms with van der Waals surface area (Å²) < 4.78 is 5.35. The molecule has 1 heterocycles. The van der Waals surface area contributed by atoms with E-state index in [1.807, 2.05) is 6.07 Å². The molecule has 0 aliphatic heterocycles. The zero-order chi connectivity index (χ0) is 17.0. The SMILES string of the molecule is CN=C(NCc1ccc(C(N)=O)o1)NCC1(c2ccccc2)CC1. The molecule has 1 amide bonds. The van der Waals surface area contributed by atoms with Gasteiger partial charge in [0.1, 0.15) is 5.76 Å². The molecular weight excluding hydrogens is 304 g/mol. The van der Waals surface area contributed by atoms with Gasteiger partial charge in [-0.15, -0.1) is 0 Å². The molecule has 2 aromatic rings. The molecule has 1 saturated carbocycles. The number of aliphatic imine (C=N–C) groups is 1. The molecule has 6 nitrogen and oxygen atoms in total. The molecule has 0 radical (unpaired) electrons. The Kier molecular flexibility index (Phi) is 4.55. The average Bonchev–Trinajstić information content (AvgIpc) is 3.24. The number of nitrogens with two attached hydrogens (primary N) is 1. The highest BCUT2D eigenvalue weighted by Crippen LogP contribution is 2.47. The Morgan fingerprint density at radius 2 is 1.96 bits per heavy atom. The van der Waals surface area contributed by atoms with Crippen LogP contribution in [0.1, 0.15) is 34.7 Å². The minimum absolute atomic E-state index is 0.163. The maximum absolute atomic E-state index is 11.0. The van der Waals surface area contributed by atoms with Crippen LogP contribution in [0, 0.1) is 0 Å². The van der Waals surface area contributed by atoms with E-state index in [9.17, 15) is 4.79 Å². The molecule has 1 aromatic heterocycles. The van der Waals surface area contributed by atoms with Gasteiger partial charge in [-0.25, -0.2) is 0 Å². The number of furan rings is 1. The number of amides is 1. The lowest BCUT2D eigenvalue weighted by Crippen LogP contribution is -2.40. The third-order valence-corrected chi connectivity index (χ3v) is 4.39. The fourth-order valence-electron chi connectivity index (χ4n) is 2.76. The molecule has 0 saturated heterocycles. The number of nitrogens with zero attached hydrogens (tertiary/aromatic N) is 1. The minimum Gasteiger partial charge on any atom is -0.454 e. The van der Waals surface area contributed by atoms with Crippen molar-refractivity contribution in [3.05, 3.63) is 59.5 Å². The first-order chi connectivity index (χ1) is 11.6. The van der Waals surface area contributed by atoms with Gasteiger partial charge >= 0.3 is 0 Å². The maximum Gasteiger partial charge on any atom is 0.284 e. The molecule has 3 rings (SSSR count). The van der Waals surface area contributed by atoms with E-state index in [2.05, 4.69) is 39.9 Å². The van der Waals surface area contributed by atoms with Gasteiger partial charge in [-0.1, -0.05) is 30.3 Å². The molecule has 1 aliphatic rings. The number of rotatable bonds is 6. The van der Waals surface area contributed by atoms with Gasteiger partial charge in [-0.3, -0.25) is 9.79 Å². The number of primary amides is 1. The lowest BCUT2D eigenvalue weighted by atomic mass is 9.96. The standard InChI is InChI=1S/C18H22N4O2/c1-20-17(21-11-14-7-8-15(24-14)16(19)23)22-12-18(9-10-18)13-5-3-2-4-6-13/h2-8H,9-12H2,1H3,(H2,19,23)(H2,20,21,22). The number of hydrogen-bond acceptors (Lipinski definition) is 3. The van der Waals surface area contributed by atoms with Crippen LogP contribution in [0.15, 0.2) is 51.9 Å². The third-order valence-electron chi connectivity index (χ3n) is 4.39. The Morgan fingerprint density at radius 3 is 2.54 bits per heavy atom. The molecular formula is C18H22N4O2. The molecule has 0 atom stereocenters. The highest BCUT2D eigenvalue weighted by molar-refractivity contribution is 5.89. The van der Waals surface area contributed by atoms with E-state index in [0.717, 1.165) is 6.54 Å². The van der Waals surface area contributed by atoms with E-state index >= 15 is 0 Å². The first-order valence-electron chi connectivity index (χ1n) is 8.01. The summed E-state index contributed by atoms with van der Waals surface area (Å²) in [5, 5.41) is 6.56. The Bertz CT molecular complexity index is 732. The van der Waals surface area contributed by atoms with Crippen LogP contribution >= 0.6 is 0 Å². The van der Waals surface area contributed by atoms with Gasteiger partial charge in [-0.2, -0.15) is 0 Å². The van der Waals surface area contributed by atoms with Crippen molar-refractivity contribution in [3.63, 3.8) is 0 Å². The van der Waals surface area contributed by atoms with Crippen molar-refractivity contribution in [1.82, 2.24) is 10.6 Å². The Morgan fingerprint density at radius 1 is 1.21 bits per heavy atom. The lowest BCUT2D eigenvalue weighted by Gasteiger charge is -2.18. The van der Waals surface area contributed by atoms with Crippen molar-refractivity contribution in [2.75, 3.05) is 13.6 Å². The molecule has 24 heavy (non-hydrogen) atoms. The third kappa shape index (κ3) is 3.59. The number of nitrogens with one attached hydrogen (secondary N) is 2. The lowest BCUT2D eigenvalue weighted by molar-refractivity contribution is 0.0972. The summed E-state index contributed by atoms with van der Waals surface area (Å²) >= 11 is 0. The number of carbonyl (C=O) groups excluding carboxylic acids is 1. The van der Waals surface area contributed by atoms with Crippen LogP contribution in [0.3, 0.4) is 0 Å². The van der Waals surface area contributed by atoms with Crippen LogP contribution in [0.25, 0.3) is 0 Å². The zero-order valence-corrected chi connectivity index (χ0v) is 13.7. The van der Waals surface area contributed by atoms with Gasteiger partial charge in [0.2, 0.25) is 0 Å². The van der Waals surface area contributed by atoms with Gasteiger partial charge in [-0.05, 0) is 30.5 Å². The van der Waals surface area contributed by atoms with Crippen LogP contribution in [-0.4, -0.2) is 25.5 Å². The van der Waals surface area contributed by atoms with Crippen molar-refractivity contribution in [3.8, 4) is 0 Å². The molecule has 126 valence electrons. The molecule has 1 fully saturated rings.